The highest BCUT2D eigenvalue weighted by Gasteiger charge is 2.08. The van der Waals surface area contributed by atoms with Crippen molar-refractivity contribution in [3.8, 4) is 0 Å². The fraction of sp³-hybridized carbons (Fsp3) is 0.364. The summed E-state index contributed by atoms with van der Waals surface area (Å²) in [5, 5.41) is 0.724. The topological polar surface area (TPSA) is 43.1 Å². The Labute approximate surface area is 89.1 Å². The minimum Gasteiger partial charge on any atom is -0.322 e. The molecule has 0 aromatic heterocycles. The zero-order chi connectivity index (χ0) is 10.7. The fourth-order valence-corrected chi connectivity index (χ4v) is 1.30. The normalized spacial score (nSPS) is 12.6. The average molecular weight is 212 g/mol. The van der Waals surface area contributed by atoms with E-state index in [0.717, 1.165) is 16.1 Å². The second kappa shape index (κ2) is 4.58. The van der Waals surface area contributed by atoms with Crippen molar-refractivity contribution >= 4 is 17.4 Å². The van der Waals surface area contributed by atoms with E-state index in [9.17, 15) is 4.79 Å². The molecule has 0 spiro atoms. The van der Waals surface area contributed by atoms with Gasteiger partial charge in [-0.1, -0.05) is 23.7 Å². The van der Waals surface area contributed by atoms with Crippen molar-refractivity contribution < 1.29 is 4.79 Å². The number of nitrogens with two attached hydrogens (primary N) is 1. The Balaban J connectivity index is 2.78. The van der Waals surface area contributed by atoms with Crippen LogP contribution in [0.25, 0.3) is 0 Å². The van der Waals surface area contributed by atoms with Gasteiger partial charge in [0, 0.05) is 11.4 Å². The van der Waals surface area contributed by atoms with Crippen molar-refractivity contribution in [1.82, 2.24) is 0 Å². The summed E-state index contributed by atoms with van der Waals surface area (Å²) in [6, 6.07) is 5.19. The zero-order valence-corrected chi connectivity index (χ0v) is 9.14. The summed E-state index contributed by atoms with van der Waals surface area (Å²) in [6.45, 7) is 3.62. The van der Waals surface area contributed by atoms with Gasteiger partial charge in [0.2, 0.25) is 0 Å². The van der Waals surface area contributed by atoms with E-state index in [2.05, 4.69) is 0 Å². The molecule has 2 nitrogen and oxygen atoms in total. The van der Waals surface area contributed by atoms with Gasteiger partial charge in [-0.05, 0) is 31.0 Å². The summed E-state index contributed by atoms with van der Waals surface area (Å²) in [5.74, 6) is 0.0479. The fourth-order valence-electron chi connectivity index (χ4n) is 1.18. The third-order valence-corrected chi connectivity index (χ3v) is 2.53. The average Bonchev–Trinajstić information content (AvgIpc) is 2.11. The molecule has 1 rings (SSSR count). The van der Waals surface area contributed by atoms with Gasteiger partial charge in [-0.2, -0.15) is 0 Å². The second-order valence-electron chi connectivity index (χ2n) is 3.52. The number of halogens is 1. The Bertz CT molecular complexity index is 347. The molecule has 0 aliphatic rings. The van der Waals surface area contributed by atoms with Gasteiger partial charge in [0.25, 0.3) is 0 Å². The summed E-state index contributed by atoms with van der Waals surface area (Å²) < 4.78 is 0. The number of hydrogen-bond donors (Lipinski definition) is 1. The summed E-state index contributed by atoms with van der Waals surface area (Å²) in [6.07, 6.45) is 0.385. The van der Waals surface area contributed by atoms with Crippen LogP contribution >= 0.6 is 11.6 Å². The van der Waals surface area contributed by atoms with Gasteiger partial charge in [-0.3, -0.25) is 4.79 Å². The van der Waals surface area contributed by atoms with Gasteiger partial charge in [-0.15, -0.1) is 0 Å². The van der Waals surface area contributed by atoms with Crippen LogP contribution in [-0.2, 0) is 11.2 Å². The van der Waals surface area contributed by atoms with E-state index in [-0.39, 0.29) is 5.78 Å². The lowest BCUT2D eigenvalue weighted by atomic mass is 10.0. The number of ketones is 1. The number of aryl methyl sites for hydroxylation is 1. The number of rotatable bonds is 3. The molecule has 0 amide bonds. The predicted octanol–water partition coefficient (Wildman–Crippen LogP) is 2.11. The summed E-state index contributed by atoms with van der Waals surface area (Å²) in [5.41, 5.74) is 7.43. The van der Waals surface area contributed by atoms with Crippen molar-refractivity contribution in [3.05, 3.63) is 34.3 Å². The number of benzene rings is 1. The highest BCUT2D eigenvalue weighted by molar-refractivity contribution is 6.31. The molecule has 0 saturated heterocycles. The summed E-state index contributed by atoms with van der Waals surface area (Å²) in [4.78, 5) is 11.4. The van der Waals surface area contributed by atoms with Gasteiger partial charge in [0.1, 0.15) is 0 Å². The van der Waals surface area contributed by atoms with Crippen molar-refractivity contribution in [3.63, 3.8) is 0 Å². The van der Waals surface area contributed by atoms with Crippen molar-refractivity contribution in [2.45, 2.75) is 26.3 Å². The first-order valence-corrected chi connectivity index (χ1v) is 4.92. The SMILES string of the molecule is Cc1cc(CC(=O)C(C)N)ccc1Cl. The van der Waals surface area contributed by atoms with Crippen molar-refractivity contribution in [2.24, 2.45) is 5.73 Å². The van der Waals surface area contributed by atoms with Crippen LogP contribution in [0.4, 0.5) is 0 Å². The van der Waals surface area contributed by atoms with Crippen molar-refractivity contribution in [2.75, 3.05) is 0 Å². The van der Waals surface area contributed by atoms with E-state index in [1.165, 1.54) is 0 Å². The number of hydrogen-bond acceptors (Lipinski definition) is 2. The molecule has 14 heavy (non-hydrogen) atoms. The maximum absolute atomic E-state index is 11.4. The molecule has 1 aromatic rings. The standard InChI is InChI=1S/C11H14ClNO/c1-7-5-9(3-4-10(7)12)6-11(14)8(2)13/h3-5,8H,6,13H2,1-2H3. The van der Waals surface area contributed by atoms with Crippen LogP contribution < -0.4 is 5.73 Å². The lowest BCUT2D eigenvalue weighted by molar-refractivity contribution is -0.119. The Kier molecular flexibility index (Phi) is 3.67. The minimum atomic E-state index is -0.397. The Morgan fingerprint density at radius 1 is 1.57 bits per heavy atom. The van der Waals surface area contributed by atoms with Crippen LogP contribution in [0.3, 0.4) is 0 Å². The van der Waals surface area contributed by atoms with E-state index in [4.69, 9.17) is 17.3 Å². The Morgan fingerprint density at radius 3 is 2.71 bits per heavy atom. The molecule has 0 heterocycles. The van der Waals surface area contributed by atoms with Gasteiger partial charge >= 0.3 is 0 Å². The monoisotopic (exact) mass is 211 g/mol. The molecule has 3 heteroatoms. The maximum Gasteiger partial charge on any atom is 0.153 e. The van der Waals surface area contributed by atoms with E-state index in [1.807, 2.05) is 19.1 Å². The lowest BCUT2D eigenvalue weighted by Crippen LogP contribution is -2.28. The minimum absolute atomic E-state index is 0.0479. The molecular weight excluding hydrogens is 198 g/mol. The Hall–Kier alpha value is -0.860. The van der Waals surface area contributed by atoms with E-state index < -0.39 is 6.04 Å². The highest BCUT2D eigenvalue weighted by atomic mass is 35.5. The lowest BCUT2D eigenvalue weighted by Gasteiger charge is -2.05. The van der Waals surface area contributed by atoms with Crippen LogP contribution in [0.2, 0.25) is 5.02 Å². The van der Waals surface area contributed by atoms with Crippen LogP contribution in [0.15, 0.2) is 18.2 Å². The first-order valence-electron chi connectivity index (χ1n) is 4.54. The molecule has 1 atom stereocenters. The molecule has 2 N–H and O–H groups in total. The molecule has 0 saturated carbocycles. The van der Waals surface area contributed by atoms with E-state index in [0.29, 0.717) is 6.42 Å². The van der Waals surface area contributed by atoms with Crippen LogP contribution in [0, 0.1) is 6.92 Å². The number of carbonyl (C=O) groups is 1. The van der Waals surface area contributed by atoms with E-state index in [1.54, 1.807) is 13.0 Å². The van der Waals surface area contributed by atoms with Crippen molar-refractivity contribution in [1.29, 1.82) is 0 Å². The molecule has 1 aromatic carbocycles. The van der Waals surface area contributed by atoms with Crippen LogP contribution in [0.1, 0.15) is 18.1 Å². The van der Waals surface area contributed by atoms with Gasteiger partial charge < -0.3 is 5.73 Å². The molecule has 1 unspecified atom stereocenters. The molecule has 0 fully saturated rings. The second-order valence-corrected chi connectivity index (χ2v) is 3.92. The predicted molar refractivity (Wildman–Crippen MR) is 58.5 cm³/mol. The number of Topliss-reactive ketones (excluding diaryl/α,β-unsaturated/α-hetero) is 1. The summed E-state index contributed by atoms with van der Waals surface area (Å²) >= 11 is 5.87. The first kappa shape index (κ1) is 11.2. The highest BCUT2D eigenvalue weighted by Crippen LogP contribution is 2.16. The molecule has 0 aliphatic carbocycles. The molecule has 76 valence electrons. The molecule has 0 aliphatic heterocycles. The molecule has 0 radical (unpaired) electrons. The summed E-state index contributed by atoms with van der Waals surface area (Å²) in [7, 11) is 0. The molecular formula is C11H14ClNO. The van der Waals surface area contributed by atoms with Gasteiger partial charge in [-0.25, -0.2) is 0 Å². The van der Waals surface area contributed by atoms with Crippen LogP contribution in [-0.4, -0.2) is 11.8 Å². The number of carbonyl (C=O) groups excluding carboxylic acids is 1. The largest absolute Gasteiger partial charge is 0.322 e. The first-order chi connectivity index (χ1) is 6.50. The van der Waals surface area contributed by atoms with E-state index >= 15 is 0 Å². The quantitative estimate of drug-likeness (QED) is 0.832. The van der Waals surface area contributed by atoms with Crippen LogP contribution in [0.5, 0.6) is 0 Å². The maximum atomic E-state index is 11.4. The Morgan fingerprint density at radius 2 is 2.21 bits per heavy atom. The third-order valence-electron chi connectivity index (χ3n) is 2.11. The molecule has 0 bridgehead atoms. The zero-order valence-electron chi connectivity index (χ0n) is 8.38. The smallest absolute Gasteiger partial charge is 0.153 e. The van der Waals surface area contributed by atoms with Gasteiger partial charge in [0.05, 0.1) is 6.04 Å². The third kappa shape index (κ3) is 2.82. The van der Waals surface area contributed by atoms with Gasteiger partial charge in [0.15, 0.2) is 5.78 Å².